The van der Waals surface area contributed by atoms with E-state index >= 15 is 0 Å². The largest absolute Gasteiger partial charge is 0.231 e. The molecular formula is C8H8FNO2S. The number of benzene rings is 1. The van der Waals surface area contributed by atoms with Gasteiger partial charge < -0.3 is 0 Å². The predicted octanol–water partition coefficient (Wildman–Crippen LogP) is 1.08. The Bertz CT molecular complexity index is 426. The first-order chi connectivity index (χ1) is 5.97. The second kappa shape index (κ2) is 3.68. The molecule has 0 aliphatic carbocycles. The summed E-state index contributed by atoms with van der Waals surface area (Å²) in [5.41, 5.74) is 0.453. The zero-order chi connectivity index (χ0) is 9.90. The van der Waals surface area contributed by atoms with Crippen molar-refractivity contribution in [3.63, 3.8) is 0 Å². The quantitative estimate of drug-likeness (QED) is 0.778. The molecule has 13 heavy (non-hydrogen) atoms. The summed E-state index contributed by atoms with van der Waals surface area (Å²) < 4.78 is 33.5. The van der Waals surface area contributed by atoms with E-state index in [2.05, 4.69) is 0 Å². The maximum atomic E-state index is 12.6. The summed E-state index contributed by atoms with van der Waals surface area (Å²) in [5.74, 6) is -0.420. The third-order valence-corrected chi connectivity index (χ3v) is 1.81. The molecule has 0 saturated heterocycles. The number of hydrogen-bond acceptors (Lipinski definition) is 2. The Morgan fingerprint density at radius 1 is 1.38 bits per heavy atom. The molecule has 0 fully saturated rings. The number of nitrogens with two attached hydrogens (primary N) is 1. The molecule has 0 amide bonds. The third kappa shape index (κ3) is 3.82. The Labute approximate surface area is 75.7 Å². The van der Waals surface area contributed by atoms with Crippen LogP contribution in [0.3, 0.4) is 0 Å². The van der Waals surface area contributed by atoms with E-state index in [4.69, 9.17) is 5.14 Å². The van der Waals surface area contributed by atoms with Crippen molar-refractivity contribution in [2.45, 2.75) is 0 Å². The monoisotopic (exact) mass is 201 g/mol. The third-order valence-electron chi connectivity index (χ3n) is 1.30. The Hall–Kier alpha value is -1.20. The molecule has 1 aromatic carbocycles. The SMILES string of the molecule is NS(=O)(=O)/C=C/c1cccc(F)c1. The van der Waals surface area contributed by atoms with E-state index in [1.807, 2.05) is 0 Å². The molecule has 0 atom stereocenters. The van der Waals surface area contributed by atoms with Crippen LogP contribution in [-0.4, -0.2) is 8.42 Å². The van der Waals surface area contributed by atoms with Crippen molar-refractivity contribution >= 4 is 16.1 Å². The van der Waals surface area contributed by atoms with Gasteiger partial charge in [0.15, 0.2) is 0 Å². The first-order valence-corrected chi connectivity index (χ1v) is 5.05. The van der Waals surface area contributed by atoms with Crippen molar-refractivity contribution in [2.75, 3.05) is 0 Å². The van der Waals surface area contributed by atoms with Gasteiger partial charge in [0.1, 0.15) is 5.82 Å². The van der Waals surface area contributed by atoms with Crippen molar-refractivity contribution < 1.29 is 12.8 Å². The average molecular weight is 201 g/mol. The minimum absolute atomic E-state index is 0.420. The maximum absolute atomic E-state index is 12.6. The molecular weight excluding hydrogens is 193 g/mol. The van der Waals surface area contributed by atoms with E-state index in [1.165, 1.54) is 24.3 Å². The Morgan fingerprint density at radius 3 is 2.62 bits per heavy atom. The summed E-state index contributed by atoms with van der Waals surface area (Å²) in [6.07, 6.45) is 1.23. The van der Waals surface area contributed by atoms with Crippen LogP contribution >= 0.6 is 0 Å². The molecule has 2 N–H and O–H groups in total. The topological polar surface area (TPSA) is 60.2 Å². The highest BCUT2D eigenvalue weighted by Crippen LogP contribution is 2.05. The molecule has 0 aromatic heterocycles. The highest BCUT2D eigenvalue weighted by Gasteiger charge is 1.94. The van der Waals surface area contributed by atoms with Gasteiger partial charge in [-0.25, -0.2) is 17.9 Å². The van der Waals surface area contributed by atoms with Gasteiger partial charge in [0, 0.05) is 5.41 Å². The number of hydrogen-bond donors (Lipinski definition) is 1. The standard InChI is InChI=1S/C8H8FNO2S/c9-8-3-1-2-7(6-8)4-5-13(10,11)12/h1-6H,(H2,10,11,12)/b5-4+. The number of halogens is 1. The zero-order valence-corrected chi connectivity index (χ0v) is 7.46. The number of rotatable bonds is 2. The molecule has 0 bridgehead atoms. The Kier molecular flexibility index (Phi) is 2.79. The minimum atomic E-state index is -3.64. The lowest BCUT2D eigenvalue weighted by molar-refractivity contribution is 0.606. The minimum Gasteiger partial charge on any atom is -0.225 e. The fraction of sp³-hybridized carbons (Fsp3) is 0. The molecule has 0 spiro atoms. The fourth-order valence-electron chi connectivity index (χ4n) is 0.784. The van der Waals surface area contributed by atoms with Gasteiger partial charge >= 0.3 is 0 Å². The fourth-order valence-corrected chi connectivity index (χ4v) is 1.13. The predicted molar refractivity (Wildman–Crippen MR) is 48.5 cm³/mol. The highest BCUT2D eigenvalue weighted by atomic mass is 32.2. The van der Waals surface area contributed by atoms with E-state index in [9.17, 15) is 12.8 Å². The molecule has 1 rings (SSSR count). The van der Waals surface area contributed by atoms with Crippen LogP contribution in [0.2, 0.25) is 0 Å². The van der Waals surface area contributed by atoms with E-state index in [0.717, 1.165) is 5.41 Å². The molecule has 5 heteroatoms. The van der Waals surface area contributed by atoms with Crippen LogP contribution in [0.25, 0.3) is 6.08 Å². The maximum Gasteiger partial charge on any atom is 0.231 e. The molecule has 0 unspecified atom stereocenters. The molecule has 1 aromatic rings. The Balaban J connectivity index is 2.93. The smallest absolute Gasteiger partial charge is 0.225 e. The summed E-state index contributed by atoms with van der Waals surface area (Å²) in [5, 5.41) is 5.53. The first-order valence-electron chi connectivity index (χ1n) is 3.44. The normalized spacial score (nSPS) is 12.2. The van der Waals surface area contributed by atoms with Gasteiger partial charge in [-0.3, -0.25) is 0 Å². The van der Waals surface area contributed by atoms with Gasteiger partial charge in [-0.15, -0.1) is 0 Å². The van der Waals surface area contributed by atoms with Crippen LogP contribution in [0.15, 0.2) is 29.7 Å². The summed E-state index contributed by atoms with van der Waals surface area (Å²) in [4.78, 5) is 0. The highest BCUT2D eigenvalue weighted by molar-refractivity contribution is 7.92. The zero-order valence-electron chi connectivity index (χ0n) is 6.64. The van der Waals surface area contributed by atoms with Crippen LogP contribution in [0.1, 0.15) is 5.56 Å². The van der Waals surface area contributed by atoms with Crippen molar-refractivity contribution in [2.24, 2.45) is 5.14 Å². The number of sulfonamides is 1. The lowest BCUT2D eigenvalue weighted by atomic mass is 10.2. The Morgan fingerprint density at radius 2 is 2.08 bits per heavy atom. The molecule has 0 heterocycles. The van der Waals surface area contributed by atoms with Crippen LogP contribution in [-0.2, 0) is 10.0 Å². The van der Waals surface area contributed by atoms with Gasteiger partial charge in [0.05, 0.1) is 0 Å². The van der Waals surface area contributed by atoms with Gasteiger partial charge in [-0.1, -0.05) is 12.1 Å². The summed E-state index contributed by atoms with van der Waals surface area (Å²) in [7, 11) is -3.64. The second-order valence-electron chi connectivity index (χ2n) is 2.45. The molecule has 0 saturated carbocycles. The summed E-state index contributed by atoms with van der Waals surface area (Å²) in [6.45, 7) is 0. The van der Waals surface area contributed by atoms with Gasteiger partial charge in [0.25, 0.3) is 0 Å². The van der Waals surface area contributed by atoms with E-state index in [1.54, 1.807) is 6.07 Å². The molecule has 3 nitrogen and oxygen atoms in total. The van der Waals surface area contributed by atoms with E-state index in [-0.39, 0.29) is 0 Å². The average Bonchev–Trinajstić information content (AvgIpc) is 2.00. The summed E-state index contributed by atoms with van der Waals surface area (Å²) in [6, 6.07) is 5.54. The van der Waals surface area contributed by atoms with Crippen molar-refractivity contribution in [3.8, 4) is 0 Å². The number of primary sulfonamides is 1. The van der Waals surface area contributed by atoms with Gasteiger partial charge in [-0.2, -0.15) is 0 Å². The molecule has 70 valence electrons. The van der Waals surface area contributed by atoms with Crippen molar-refractivity contribution in [1.29, 1.82) is 0 Å². The molecule has 0 aliphatic rings. The van der Waals surface area contributed by atoms with Crippen LogP contribution < -0.4 is 5.14 Å². The lowest BCUT2D eigenvalue weighted by Crippen LogP contribution is -2.06. The van der Waals surface area contributed by atoms with Gasteiger partial charge in [0.2, 0.25) is 10.0 Å². The van der Waals surface area contributed by atoms with Crippen LogP contribution in [0.4, 0.5) is 4.39 Å². The molecule has 0 aliphatic heterocycles. The second-order valence-corrected chi connectivity index (χ2v) is 3.90. The van der Waals surface area contributed by atoms with E-state index < -0.39 is 15.8 Å². The van der Waals surface area contributed by atoms with E-state index in [0.29, 0.717) is 5.56 Å². The van der Waals surface area contributed by atoms with Crippen LogP contribution in [0, 0.1) is 5.82 Å². The molecule has 0 radical (unpaired) electrons. The van der Waals surface area contributed by atoms with Crippen molar-refractivity contribution in [1.82, 2.24) is 0 Å². The van der Waals surface area contributed by atoms with Crippen molar-refractivity contribution in [3.05, 3.63) is 41.1 Å². The summed E-state index contributed by atoms with van der Waals surface area (Å²) >= 11 is 0. The first kappa shape index (κ1) is 9.88. The lowest BCUT2D eigenvalue weighted by Gasteiger charge is -1.92. The van der Waals surface area contributed by atoms with Crippen LogP contribution in [0.5, 0.6) is 0 Å². The van der Waals surface area contributed by atoms with Gasteiger partial charge in [-0.05, 0) is 23.8 Å².